The minimum absolute atomic E-state index is 0.277. The topological polar surface area (TPSA) is 41.1 Å². The Morgan fingerprint density at radius 2 is 1.76 bits per heavy atom. The number of hydrogen-bond acceptors (Lipinski definition) is 2. The predicted octanol–water partition coefficient (Wildman–Crippen LogP) is 3.58. The van der Waals surface area contributed by atoms with E-state index < -0.39 is 23.2 Å². The maximum absolute atomic E-state index is 13.7. The van der Waals surface area contributed by atoms with Gasteiger partial charge in [0.1, 0.15) is 5.69 Å². The molecule has 0 unspecified atom stereocenters. The molecular weight excluding hydrogens is 342 g/mol. The fourth-order valence-electron chi connectivity index (χ4n) is 2.28. The van der Waals surface area contributed by atoms with Crippen LogP contribution < -0.4 is 10.6 Å². The van der Waals surface area contributed by atoms with Gasteiger partial charge in [0.15, 0.2) is 11.6 Å². The van der Waals surface area contributed by atoms with Crippen LogP contribution in [0, 0.1) is 11.6 Å². The highest BCUT2D eigenvalue weighted by atomic mass is 79.9. The van der Waals surface area contributed by atoms with E-state index in [1.54, 1.807) is 12.1 Å². The minimum atomic E-state index is -0.821. The fraction of sp³-hybridized carbons (Fsp3) is 0.133. The zero-order valence-corrected chi connectivity index (χ0v) is 12.4. The van der Waals surface area contributed by atoms with E-state index >= 15 is 0 Å². The third kappa shape index (κ3) is 2.82. The summed E-state index contributed by atoms with van der Waals surface area (Å²) in [7, 11) is 0. The van der Waals surface area contributed by atoms with E-state index in [0.717, 1.165) is 29.8 Å². The normalized spacial score (nSPS) is 13.1. The summed E-state index contributed by atoms with van der Waals surface area (Å²) < 4.78 is 27.7. The molecule has 21 heavy (non-hydrogen) atoms. The van der Waals surface area contributed by atoms with Crippen LogP contribution in [-0.4, -0.2) is 5.91 Å². The number of benzene rings is 2. The second-order valence-electron chi connectivity index (χ2n) is 4.79. The van der Waals surface area contributed by atoms with Crippen LogP contribution >= 0.6 is 15.9 Å². The number of fused-ring (bicyclic) bond motifs is 1. The van der Waals surface area contributed by atoms with Gasteiger partial charge in [-0.25, -0.2) is 8.78 Å². The number of nitrogens with one attached hydrogen (secondary N) is 2. The first-order valence-corrected chi connectivity index (χ1v) is 7.12. The van der Waals surface area contributed by atoms with Crippen molar-refractivity contribution >= 4 is 27.5 Å². The van der Waals surface area contributed by atoms with Crippen LogP contribution in [-0.2, 0) is 13.1 Å². The molecule has 2 N–H and O–H groups in total. The zero-order valence-electron chi connectivity index (χ0n) is 10.8. The molecule has 0 saturated carbocycles. The summed E-state index contributed by atoms with van der Waals surface area (Å²) in [4.78, 5) is 12.1. The van der Waals surface area contributed by atoms with Crippen LogP contribution in [0.25, 0.3) is 0 Å². The highest BCUT2D eigenvalue weighted by Crippen LogP contribution is 2.25. The second kappa shape index (κ2) is 5.54. The van der Waals surface area contributed by atoms with Gasteiger partial charge in [-0.1, -0.05) is 22.0 Å². The zero-order chi connectivity index (χ0) is 15.0. The van der Waals surface area contributed by atoms with Gasteiger partial charge in [0.25, 0.3) is 5.91 Å². The molecule has 1 aliphatic rings. The van der Waals surface area contributed by atoms with E-state index in [1.807, 2.05) is 6.07 Å². The van der Waals surface area contributed by atoms with Gasteiger partial charge < -0.3 is 10.6 Å². The van der Waals surface area contributed by atoms with Crippen molar-refractivity contribution in [3.05, 3.63) is 63.1 Å². The smallest absolute Gasteiger partial charge is 0.255 e. The number of carbonyl (C=O) groups excluding carboxylic acids is 1. The van der Waals surface area contributed by atoms with E-state index in [-0.39, 0.29) is 4.47 Å². The van der Waals surface area contributed by atoms with Gasteiger partial charge in [-0.3, -0.25) is 4.79 Å². The Hall–Kier alpha value is -1.79. The lowest BCUT2D eigenvalue weighted by atomic mass is 10.1. The summed E-state index contributed by atoms with van der Waals surface area (Å²) in [6.45, 7) is 1.46. The van der Waals surface area contributed by atoms with Crippen molar-refractivity contribution in [3.63, 3.8) is 0 Å². The van der Waals surface area contributed by atoms with Gasteiger partial charge in [-0.2, -0.15) is 0 Å². The largest absolute Gasteiger partial charge is 0.317 e. The van der Waals surface area contributed by atoms with Crippen molar-refractivity contribution < 1.29 is 13.6 Å². The van der Waals surface area contributed by atoms with E-state index in [4.69, 9.17) is 0 Å². The monoisotopic (exact) mass is 352 g/mol. The molecule has 6 heteroatoms. The molecule has 3 rings (SSSR count). The van der Waals surface area contributed by atoms with Crippen molar-refractivity contribution in [1.29, 1.82) is 0 Å². The lowest BCUT2D eigenvalue weighted by Crippen LogP contribution is -2.14. The molecule has 1 amide bonds. The molecule has 0 bridgehead atoms. The molecule has 0 aromatic heterocycles. The van der Waals surface area contributed by atoms with Gasteiger partial charge in [0.05, 0.1) is 0 Å². The third-order valence-electron chi connectivity index (χ3n) is 3.34. The Labute approximate surface area is 128 Å². The Kier molecular flexibility index (Phi) is 3.73. The first-order valence-electron chi connectivity index (χ1n) is 6.33. The van der Waals surface area contributed by atoms with Gasteiger partial charge in [-0.05, 0) is 35.4 Å². The van der Waals surface area contributed by atoms with Gasteiger partial charge in [-0.15, -0.1) is 0 Å². The third-order valence-corrected chi connectivity index (χ3v) is 3.80. The Bertz CT molecular complexity index is 711. The molecule has 1 heterocycles. The lowest BCUT2D eigenvalue weighted by molar-refractivity contribution is 0.102. The van der Waals surface area contributed by atoms with Gasteiger partial charge in [0, 0.05) is 23.1 Å². The molecule has 3 nitrogen and oxygen atoms in total. The summed E-state index contributed by atoms with van der Waals surface area (Å²) in [6.07, 6.45) is 0. The molecular formula is C15H11BrF2N2O. The molecule has 2 aromatic carbocycles. The van der Waals surface area contributed by atoms with Crippen molar-refractivity contribution in [3.8, 4) is 0 Å². The summed E-state index contributed by atoms with van der Waals surface area (Å²) in [5.41, 5.74) is 2.09. The average molecular weight is 353 g/mol. The molecule has 2 aromatic rings. The molecule has 0 saturated heterocycles. The maximum Gasteiger partial charge on any atom is 0.255 e. The summed E-state index contributed by atoms with van der Waals surface area (Å²) in [5.74, 6) is -2.18. The number of amides is 1. The number of anilines is 1. The Morgan fingerprint density at radius 1 is 1.10 bits per heavy atom. The number of halogens is 3. The van der Waals surface area contributed by atoms with Crippen LogP contribution in [0.2, 0.25) is 0 Å². The van der Waals surface area contributed by atoms with Crippen LogP contribution in [0.5, 0.6) is 0 Å². The first-order chi connectivity index (χ1) is 10.0. The van der Waals surface area contributed by atoms with Crippen molar-refractivity contribution in [2.75, 3.05) is 5.32 Å². The standard InChI is InChI=1S/C15H11BrF2N2O/c16-11-4-12(17)14(13(18)5-11)20-15(21)8-1-2-9-6-19-7-10(9)3-8/h1-5,19H,6-7H2,(H,20,21). The average Bonchev–Trinajstić information content (AvgIpc) is 2.89. The molecule has 0 fully saturated rings. The summed E-state index contributed by atoms with van der Waals surface area (Å²) in [6, 6.07) is 7.43. The Balaban J connectivity index is 1.87. The molecule has 1 aliphatic heterocycles. The Morgan fingerprint density at radius 3 is 2.48 bits per heavy atom. The van der Waals surface area contributed by atoms with E-state index in [1.165, 1.54) is 0 Å². The highest BCUT2D eigenvalue weighted by molar-refractivity contribution is 9.10. The first kappa shape index (κ1) is 14.2. The number of rotatable bonds is 2. The SMILES string of the molecule is O=C(Nc1c(F)cc(Br)cc1F)c1ccc2c(c1)CNC2. The van der Waals surface area contributed by atoms with Gasteiger partial charge >= 0.3 is 0 Å². The second-order valence-corrected chi connectivity index (χ2v) is 5.70. The molecule has 0 aliphatic carbocycles. The summed E-state index contributed by atoms with van der Waals surface area (Å²) in [5, 5.41) is 5.45. The lowest BCUT2D eigenvalue weighted by Gasteiger charge is -2.09. The van der Waals surface area contributed by atoms with Crippen LogP contribution in [0.4, 0.5) is 14.5 Å². The number of hydrogen-bond donors (Lipinski definition) is 2. The molecule has 0 spiro atoms. The fourth-order valence-corrected chi connectivity index (χ4v) is 2.69. The number of carbonyl (C=O) groups is 1. The van der Waals surface area contributed by atoms with Gasteiger partial charge in [0.2, 0.25) is 0 Å². The molecule has 108 valence electrons. The van der Waals surface area contributed by atoms with Crippen LogP contribution in [0.15, 0.2) is 34.8 Å². The van der Waals surface area contributed by atoms with Crippen molar-refractivity contribution in [2.45, 2.75) is 13.1 Å². The maximum atomic E-state index is 13.7. The van der Waals surface area contributed by atoms with E-state index in [0.29, 0.717) is 12.1 Å². The predicted molar refractivity (Wildman–Crippen MR) is 79.0 cm³/mol. The van der Waals surface area contributed by atoms with Crippen molar-refractivity contribution in [1.82, 2.24) is 5.32 Å². The van der Waals surface area contributed by atoms with E-state index in [2.05, 4.69) is 26.6 Å². The van der Waals surface area contributed by atoms with Crippen LogP contribution in [0.1, 0.15) is 21.5 Å². The molecule has 0 atom stereocenters. The minimum Gasteiger partial charge on any atom is -0.317 e. The summed E-state index contributed by atoms with van der Waals surface area (Å²) >= 11 is 2.99. The van der Waals surface area contributed by atoms with Crippen LogP contribution in [0.3, 0.4) is 0 Å². The van der Waals surface area contributed by atoms with E-state index in [9.17, 15) is 13.6 Å². The molecule has 0 radical (unpaired) electrons. The quantitative estimate of drug-likeness (QED) is 0.867. The van der Waals surface area contributed by atoms with Crippen molar-refractivity contribution in [2.24, 2.45) is 0 Å². The highest BCUT2D eigenvalue weighted by Gasteiger charge is 2.17.